The van der Waals surface area contributed by atoms with Crippen LogP contribution in [0.3, 0.4) is 0 Å². The summed E-state index contributed by atoms with van der Waals surface area (Å²) in [6.07, 6.45) is 3.76. The Balaban J connectivity index is 1.49. The third kappa shape index (κ3) is 5.09. The quantitative estimate of drug-likeness (QED) is 0.656. The molecule has 2 aromatic rings. The lowest BCUT2D eigenvalue weighted by atomic mass is 10.2. The summed E-state index contributed by atoms with van der Waals surface area (Å²) in [7, 11) is 0. The number of nitrogens with one attached hydrogen (secondary N) is 1. The fourth-order valence-electron chi connectivity index (χ4n) is 2.16. The molecule has 1 aromatic carbocycles. The van der Waals surface area contributed by atoms with Crippen molar-refractivity contribution in [1.82, 2.24) is 0 Å². The number of amides is 1. The predicted molar refractivity (Wildman–Crippen MR) is 95.0 cm³/mol. The SMILES string of the molecule is O=C(COC(=O)/C=C/c1cccs1)Nc1ccc2c(c1)OCCCO2. The van der Waals surface area contributed by atoms with Gasteiger partial charge in [-0.05, 0) is 29.7 Å². The Morgan fingerprint density at radius 1 is 1.20 bits per heavy atom. The summed E-state index contributed by atoms with van der Waals surface area (Å²) in [4.78, 5) is 24.4. The topological polar surface area (TPSA) is 73.9 Å². The van der Waals surface area contributed by atoms with Crippen LogP contribution in [0.4, 0.5) is 5.69 Å². The molecule has 0 bridgehead atoms. The van der Waals surface area contributed by atoms with E-state index in [9.17, 15) is 9.59 Å². The Morgan fingerprint density at radius 2 is 2.04 bits per heavy atom. The van der Waals surface area contributed by atoms with Gasteiger partial charge in [0.2, 0.25) is 0 Å². The molecule has 130 valence electrons. The lowest BCUT2D eigenvalue weighted by Gasteiger charge is -2.10. The van der Waals surface area contributed by atoms with Crippen LogP contribution in [-0.4, -0.2) is 31.7 Å². The molecule has 1 aliphatic rings. The van der Waals surface area contributed by atoms with Gasteiger partial charge >= 0.3 is 5.97 Å². The van der Waals surface area contributed by atoms with Crippen molar-refractivity contribution in [1.29, 1.82) is 0 Å². The number of hydrogen-bond acceptors (Lipinski definition) is 6. The second-order valence-electron chi connectivity index (χ2n) is 5.22. The molecule has 0 saturated heterocycles. The lowest BCUT2D eigenvalue weighted by molar-refractivity contribution is -0.142. The van der Waals surface area contributed by atoms with E-state index in [0.29, 0.717) is 30.4 Å². The summed E-state index contributed by atoms with van der Waals surface area (Å²) in [5.74, 6) is 0.251. The van der Waals surface area contributed by atoms with Crippen molar-refractivity contribution in [3.63, 3.8) is 0 Å². The molecule has 25 heavy (non-hydrogen) atoms. The van der Waals surface area contributed by atoms with Crippen LogP contribution in [0, 0.1) is 0 Å². The molecule has 0 saturated carbocycles. The van der Waals surface area contributed by atoms with E-state index in [1.807, 2.05) is 17.5 Å². The predicted octanol–water partition coefficient (Wildman–Crippen LogP) is 3.10. The van der Waals surface area contributed by atoms with Gasteiger partial charge in [0.05, 0.1) is 13.2 Å². The summed E-state index contributed by atoms with van der Waals surface area (Å²) in [5.41, 5.74) is 0.555. The van der Waals surface area contributed by atoms with Gasteiger partial charge in [0.25, 0.3) is 5.91 Å². The summed E-state index contributed by atoms with van der Waals surface area (Å²) in [6, 6.07) is 8.91. The molecule has 0 spiro atoms. The van der Waals surface area contributed by atoms with Gasteiger partial charge in [-0.15, -0.1) is 11.3 Å². The molecular weight excluding hydrogens is 342 g/mol. The minimum Gasteiger partial charge on any atom is -0.490 e. The van der Waals surface area contributed by atoms with Crippen molar-refractivity contribution in [2.75, 3.05) is 25.1 Å². The van der Waals surface area contributed by atoms with Crippen molar-refractivity contribution in [2.24, 2.45) is 0 Å². The molecule has 3 rings (SSSR count). The molecule has 1 amide bonds. The molecule has 0 unspecified atom stereocenters. The molecule has 7 heteroatoms. The minimum atomic E-state index is -0.567. The first-order valence-electron chi connectivity index (χ1n) is 7.78. The highest BCUT2D eigenvalue weighted by atomic mass is 32.1. The van der Waals surface area contributed by atoms with E-state index < -0.39 is 11.9 Å². The lowest BCUT2D eigenvalue weighted by Crippen LogP contribution is -2.20. The molecule has 0 radical (unpaired) electrons. The van der Waals surface area contributed by atoms with Crippen LogP contribution in [0.2, 0.25) is 0 Å². The Labute approximate surface area is 149 Å². The summed E-state index contributed by atoms with van der Waals surface area (Å²) >= 11 is 1.51. The fraction of sp³-hybridized carbons (Fsp3) is 0.222. The van der Waals surface area contributed by atoms with Gasteiger partial charge in [-0.3, -0.25) is 4.79 Å². The minimum absolute atomic E-state index is 0.359. The largest absolute Gasteiger partial charge is 0.490 e. The molecule has 0 atom stereocenters. The van der Waals surface area contributed by atoms with Crippen LogP contribution < -0.4 is 14.8 Å². The maximum absolute atomic E-state index is 11.9. The monoisotopic (exact) mass is 359 g/mol. The Morgan fingerprint density at radius 3 is 2.84 bits per heavy atom. The van der Waals surface area contributed by atoms with Crippen molar-refractivity contribution < 1.29 is 23.8 Å². The second-order valence-corrected chi connectivity index (χ2v) is 6.20. The van der Waals surface area contributed by atoms with Gasteiger partial charge in [-0.25, -0.2) is 4.79 Å². The van der Waals surface area contributed by atoms with Crippen LogP contribution in [0.15, 0.2) is 41.8 Å². The number of ether oxygens (including phenoxy) is 3. The number of esters is 1. The highest BCUT2D eigenvalue weighted by molar-refractivity contribution is 7.10. The zero-order chi connectivity index (χ0) is 17.5. The summed E-state index contributed by atoms with van der Waals surface area (Å²) in [5, 5.41) is 4.57. The van der Waals surface area contributed by atoms with E-state index in [0.717, 1.165) is 11.3 Å². The molecule has 2 heterocycles. The molecule has 0 fully saturated rings. The Hall–Kier alpha value is -2.80. The van der Waals surface area contributed by atoms with E-state index >= 15 is 0 Å². The highest BCUT2D eigenvalue weighted by Crippen LogP contribution is 2.32. The highest BCUT2D eigenvalue weighted by Gasteiger charge is 2.12. The van der Waals surface area contributed by atoms with E-state index in [1.165, 1.54) is 17.4 Å². The zero-order valence-electron chi connectivity index (χ0n) is 13.4. The number of thiophene rings is 1. The summed E-state index contributed by atoms with van der Waals surface area (Å²) in [6.45, 7) is 0.814. The van der Waals surface area contributed by atoms with Gasteiger partial charge in [-0.1, -0.05) is 6.07 Å². The maximum Gasteiger partial charge on any atom is 0.331 e. The first-order chi connectivity index (χ1) is 12.2. The second kappa shape index (κ2) is 8.34. The van der Waals surface area contributed by atoms with Gasteiger partial charge in [-0.2, -0.15) is 0 Å². The molecular formula is C18H17NO5S. The van der Waals surface area contributed by atoms with Crippen molar-refractivity contribution in [2.45, 2.75) is 6.42 Å². The first kappa shape index (κ1) is 17.0. The van der Waals surface area contributed by atoms with Crippen LogP contribution in [-0.2, 0) is 14.3 Å². The van der Waals surface area contributed by atoms with Crippen LogP contribution in [0.25, 0.3) is 6.08 Å². The first-order valence-corrected chi connectivity index (χ1v) is 8.66. The third-order valence-corrected chi connectivity index (χ3v) is 4.14. The number of carbonyl (C=O) groups excluding carboxylic acids is 2. The number of fused-ring (bicyclic) bond motifs is 1. The number of rotatable bonds is 5. The van der Waals surface area contributed by atoms with Crippen molar-refractivity contribution in [3.8, 4) is 11.5 Å². The number of hydrogen-bond donors (Lipinski definition) is 1. The number of anilines is 1. The number of benzene rings is 1. The number of carbonyl (C=O) groups is 2. The smallest absolute Gasteiger partial charge is 0.331 e. The van der Waals surface area contributed by atoms with Gasteiger partial charge in [0, 0.05) is 29.1 Å². The molecule has 1 N–H and O–H groups in total. The van der Waals surface area contributed by atoms with Crippen LogP contribution in [0.1, 0.15) is 11.3 Å². The standard InChI is InChI=1S/C18H17NO5S/c20-17(12-24-18(21)7-5-14-3-1-10-25-14)19-13-4-6-15-16(11-13)23-9-2-8-22-15/h1,3-7,10-11H,2,8-9,12H2,(H,19,20)/b7-5+. The normalized spacial score (nSPS) is 13.3. The zero-order valence-corrected chi connectivity index (χ0v) is 14.2. The molecule has 6 nitrogen and oxygen atoms in total. The summed E-state index contributed by atoms with van der Waals surface area (Å²) < 4.78 is 16.0. The van der Waals surface area contributed by atoms with Gasteiger partial charge in [0.1, 0.15) is 0 Å². The molecule has 1 aliphatic heterocycles. The van der Waals surface area contributed by atoms with Crippen LogP contribution in [0.5, 0.6) is 11.5 Å². The van der Waals surface area contributed by atoms with E-state index in [2.05, 4.69) is 5.32 Å². The average molecular weight is 359 g/mol. The molecule has 1 aromatic heterocycles. The average Bonchev–Trinajstić information content (AvgIpc) is 3.02. The fourth-order valence-corrected chi connectivity index (χ4v) is 2.78. The van der Waals surface area contributed by atoms with E-state index in [4.69, 9.17) is 14.2 Å². The van der Waals surface area contributed by atoms with E-state index in [-0.39, 0.29) is 6.61 Å². The Kier molecular flexibility index (Phi) is 5.69. The van der Waals surface area contributed by atoms with Gasteiger partial charge < -0.3 is 19.5 Å². The van der Waals surface area contributed by atoms with Gasteiger partial charge in [0.15, 0.2) is 18.1 Å². The van der Waals surface area contributed by atoms with Crippen molar-refractivity contribution in [3.05, 3.63) is 46.7 Å². The Bertz CT molecular complexity index is 770. The molecule has 0 aliphatic carbocycles. The maximum atomic E-state index is 11.9. The van der Waals surface area contributed by atoms with Crippen LogP contribution >= 0.6 is 11.3 Å². The third-order valence-electron chi connectivity index (χ3n) is 3.30. The van der Waals surface area contributed by atoms with E-state index in [1.54, 1.807) is 24.3 Å². The van der Waals surface area contributed by atoms with Crippen molar-refractivity contribution >= 4 is 35.0 Å².